The van der Waals surface area contributed by atoms with Crippen molar-refractivity contribution in [1.29, 1.82) is 5.26 Å². The fraction of sp³-hybridized carbons (Fsp3) is 0.0833. The summed E-state index contributed by atoms with van der Waals surface area (Å²) in [7, 11) is 0. The predicted molar refractivity (Wildman–Crippen MR) is 65.7 cm³/mol. The predicted octanol–water partition coefficient (Wildman–Crippen LogP) is -0.174. The van der Waals surface area contributed by atoms with Gasteiger partial charge in [-0.2, -0.15) is 5.26 Å². The molecule has 0 aliphatic carbocycles. The van der Waals surface area contributed by atoms with Crippen LogP contribution in [0.5, 0.6) is 0 Å². The van der Waals surface area contributed by atoms with Gasteiger partial charge in [0, 0.05) is 0 Å². The van der Waals surface area contributed by atoms with Gasteiger partial charge in [0.05, 0.1) is 18.5 Å². The van der Waals surface area contributed by atoms with E-state index in [-0.39, 0.29) is 57.9 Å². The summed E-state index contributed by atoms with van der Waals surface area (Å²) in [6.45, 7) is -4.83. The molecule has 0 radical (unpaired) electrons. The molecule has 20 heavy (non-hydrogen) atoms. The molecule has 0 aliphatic rings. The van der Waals surface area contributed by atoms with Crippen LogP contribution in [0, 0.1) is 11.5 Å². The van der Waals surface area contributed by atoms with Crippen LogP contribution >= 0.6 is 0 Å². The summed E-state index contributed by atoms with van der Waals surface area (Å²) in [6, 6.07) is 7.87. The summed E-state index contributed by atoms with van der Waals surface area (Å²) in [5.74, 6) is 0.561. The summed E-state index contributed by atoms with van der Waals surface area (Å²) in [5, 5.41) is 9.02. The Labute approximate surface area is 156 Å². The van der Waals surface area contributed by atoms with Gasteiger partial charge in [-0.15, -0.1) is 5.46 Å². The Bertz CT molecular complexity index is 578. The van der Waals surface area contributed by atoms with Crippen molar-refractivity contribution in [2.75, 3.05) is 4.90 Å². The van der Waals surface area contributed by atoms with E-state index in [2.05, 4.69) is 0 Å². The second kappa shape index (κ2) is 7.34. The fourth-order valence-corrected chi connectivity index (χ4v) is 1.62. The Hall–Kier alpha value is -0.719. The Morgan fingerprint density at radius 3 is 2.25 bits per heavy atom. The molecule has 2 rings (SSSR count). The van der Waals surface area contributed by atoms with Crippen molar-refractivity contribution >= 4 is 18.1 Å². The molecular formula is C12H9BF3KN2O. The third-order valence-electron chi connectivity index (χ3n) is 2.60. The number of nitriles is 1. The number of benzene rings is 1. The van der Waals surface area contributed by atoms with E-state index >= 15 is 0 Å². The van der Waals surface area contributed by atoms with Crippen LogP contribution in [-0.4, -0.2) is 6.98 Å². The molecule has 0 saturated carbocycles. The molecule has 1 aromatic heterocycles. The molecule has 0 unspecified atom stereocenters. The van der Waals surface area contributed by atoms with Gasteiger partial charge in [0.2, 0.25) is 0 Å². The van der Waals surface area contributed by atoms with E-state index in [1.54, 1.807) is 12.1 Å². The van der Waals surface area contributed by atoms with Crippen molar-refractivity contribution in [1.82, 2.24) is 0 Å². The Kier molecular flexibility index (Phi) is 6.36. The maximum atomic E-state index is 12.5. The zero-order chi connectivity index (χ0) is 13.9. The zero-order valence-corrected chi connectivity index (χ0v) is 13.9. The Morgan fingerprint density at radius 2 is 1.80 bits per heavy atom. The third-order valence-corrected chi connectivity index (χ3v) is 2.60. The summed E-state index contributed by atoms with van der Waals surface area (Å²) >= 11 is 0. The fourth-order valence-electron chi connectivity index (χ4n) is 1.62. The van der Waals surface area contributed by atoms with Crippen molar-refractivity contribution in [2.45, 2.75) is 6.54 Å². The quantitative estimate of drug-likeness (QED) is 0.447. The first-order chi connectivity index (χ1) is 9.00. The van der Waals surface area contributed by atoms with Crippen molar-refractivity contribution in [2.24, 2.45) is 0 Å². The minimum Gasteiger partial charge on any atom is -0.467 e. The summed E-state index contributed by atoms with van der Waals surface area (Å²) < 4.78 is 42.5. The molecule has 0 spiro atoms. The molecule has 0 atom stereocenters. The van der Waals surface area contributed by atoms with Crippen LogP contribution in [0.2, 0.25) is 0 Å². The molecule has 98 valence electrons. The van der Waals surface area contributed by atoms with E-state index in [1.807, 2.05) is 6.19 Å². The Balaban J connectivity index is 0.00000200. The monoisotopic (exact) mass is 304 g/mol. The molecule has 3 nitrogen and oxygen atoms in total. The van der Waals surface area contributed by atoms with Crippen LogP contribution in [0.15, 0.2) is 47.1 Å². The largest absolute Gasteiger partial charge is 1.00 e. The van der Waals surface area contributed by atoms with Crippen LogP contribution in [0.4, 0.5) is 18.6 Å². The zero-order valence-electron chi connectivity index (χ0n) is 10.8. The molecule has 0 amide bonds. The maximum absolute atomic E-state index is 12.5. The van der Waals surface area contributed by atoms with Crippen LogP contribution < -0.4 is 61.7 Å². The smallest absolute Gasteiger partial charge is 0.467 e. The second-order valence-electron chi connectivity index (χ2n) is 3.93. The SMILES string of the molecule is N#CN(Cc1ccco1)c1ccc([B-](F)(F)F)cc1.[K+]. The molecule has 1 heterocycles. The summed E-state index contributed by atoms with van der Waals surface area (Å²) in [5.41, 5.74) is -0.290. The molecule has 2 aromatic rings. The van der Waals surface area contributed by atoms with Crippen LogP contribution in [0.25, 0.3) is 0 Å². The first kappa shape index (κ1) is 17.3. The first-order valence-electron chi connectivity index (χ1n) is 5.50. The molecule has 0 bridgehead atoms. The molecule has 0 aliphatic heterocycles. The van der Waals surface area contributed by atoms with Crippen LogP contribution in [-0.2, 0) is 6.54 Å². The van der Waals surface area contributed by atoms with Gasteiger partial charge in [-0.1, -0.05) is 12.1 Å². The first-order valence-corrected chi connectivity index (χ1v) is 5.50. The van der Waals surface area contributed by atoms with Gasteiger partial charge in [0.1, 0.15) is 5.76 Å². The van der Waals surface area contributed by atoms with E-state index in [1.165, 1.54) is 23.3 Å². The third kappa shape index (κ3) is 4.40. The van der Waals surface area contributed by atoms with Crippen molar-refractivity contribution < 1.29 is 68.7 Å². The molecule has 1 aromatic carbocycles. The average molecular weight is 304 g/mol. The number of hydrogen-bond donors (Lipinski definition) is 0. The van der Waals surface area contributed by atoms with E-state index in [9.17, 15) is 12.9 Å². The molecule has 0 N–H and O–H groups in total. The van der Waals surface area contributed by atoms with Gasteiger partial charge < -0.3 is 17.4 Å². The van der Waals surface area contributed by atoms with Crippen molar-refractivity contribution in [3.63, 3.8) is 0 Å². The molecule has 0 saturated heterocycles. The number of halogens is 3. The Morgan fingerprint density at radius 1 is 1.15 bits per heavy atom. The molecule has 0 fully saturated rings. The van der Waals surface area contributed by atoms with Crippen molar-refractivity contribution in [3.05, 3.63) is 48.4 Å². The topological polar surface area (TPSA) is 40.2 Å². The van der Waals surface area contributed by atoms with Crippen LogP contribution in [0.3, 0.4) is 0 Å². The number of hydrogen-bond acceptors (Lipinski definition) is 3. The molecule has 8 heteroatoms. The van der Waals surface area contributed by atoms with E-state index < -0.39 is 12.4 Å². The number of furan rings is 1. The van der Waals surface area contributed by atoms with Gasteiger partial charge in [0.15, 0.2) is 6.19 Å². The number of rotatable bonds is 4. The number of anilines is 1. The van der Waals surface area contributed by atoms with Gasteiger partial charge in [-0.05, 0) is 24.3 Å². The minimum atomic E-state index is -5.01. The van der Waals surface area contributed by atoms with Gasteiger partial charge in [-0.3, -0.25) is 4.90 Å². The number of nitrogens with zero attached hydrogens (tertiary/aromatic N) is 2. The van der Waals surface area contributed by atoms with Gasteiger partial charge in [0.25, 0.3) is 0 Å². The van der Waals surface area contributed by atoms with Crippen LogP contribution in [0.1, 0.15) is 5.76 Å². The second-order valence-corrected chi connectivity index (χ2v) is 3.93. The minimum absolute atomic E-state index is 0. The summed E-state index contributed by atoms with van der Waals surface area (Å²) in [6.07, 6.45) is 3.38. The average Bonchev–Trinajstić information content (AvgIpc) is 2.88. The standard InChI is InChI=1S/C12H9BF3N2O.K/c14-13(15,16)10-3-5-11(6-4-10)18(9-17)8-12-2-1-7-19-12;/h1-7H,8H2;/q-1;+1. The van der Waals surface area contributed by atoms with E-state index in [4.69, 9.17) is 9.68 Å². The molecular weight excluding hydrogens is 295 g/mol. The van der Waals surface area contributed by atoms with Gasteiger partial charge in [-0.25, -0.2) is 0 Å². The van der Waals surface area contributed by atoms with Crippen molar-refractivity contribution in [3.8, 4) is 6.19 Å². The summed E-state index contributed by atoms with van der Waals surface area (Å²) in [4.78, 5) is 1.26. The van der Waals surface area contributed by atoms with Gasteiger partial charge >= 0.3 is 58.4 Å². The van der Waals surface area contributed by atoms with E-state index in [0.717, 1.165) is 12.1 Å². The normalized spacial score (nSPS) is 10.5. The maximum Gasteiger partial charge on any atom is 1.00 e. The van der Waals surface area contributed by atoms with E-state index in [0.29, 0.717) is 11.4 Å².